The number of nitrogens with zero attached hydrogens (tertiary/aromatic N) is 4. The van der Waals surface area contributed by atoms with Crippen LogP contribution in [0.2, 0.25) is 0 Å². The molecule has 1 N–H and O–H groups in total. The van der Waals surface area contributed by atoms with E-state index in [1.807, 2.05) is 6.07 Å². The molecule has 0 radical (unpaired) electrons. The number of hydrogen-bond donors (Lipinski definition) is 1. The topological polar surface area (TPSA) is 101 Å². The van der Waals surface area contributed by atoms with Gasteiger partial charge < -0.3 is 14.7 Å². The van der Waals surface area contributed by atoms with Gasteiger partial charge in [0.15, 0.2) is 0 Å². The SMILES string of the molecule is CC(=O)N[C@H](CC(=O)N1CCC[C@@H](c2nc(-c3cccnc3)no2)C1)c1ccc(F)cc1. The van der Waals surface area contributed by atoms with Gasteiger partial charge in [-0.3, -0.25) is 14.6 Å². The Morgan fingerprint density at radius 3 is 2.81 bits per heavy atom. The molecule has 1 aliphatic rings. The second-order valence-electron chi connectivity index (χ2n) is 7.89. The van der Waals surface area contributed by atoms with Crippen LogP contribution in [0.4, 0.5) is 4.39 Å². The molecule has 2 atom stereocenters. The minimum absolute atomic E-state index is 0.0596. The Balaban J connectivity index is 1.44. The van der Waals surface area contributed by atoms with Crippen molar-refractivity contribution >= 4 is 11.8 Å². The van der Waals surface area contributed by atoms with Gasteiger partial charge >= 0.3 is 0 Å². The van der Waals surface area contributed by atoms with E-state index in [4.69, 9.17) is 4.52 Å². The summed E-state index contributed by atoms with van der Waals surface area (Å²) in [5, 5.41) is 6.85. The monoisotopic (exact) mass is 437 g/mol. The molecule has 1 fully saturated rings. The van der Waals surface area contributed by atoms with E-state index in [1.54, 1.807) is 35.5 Å². The number of aromatic nitrogens is 3. The lowest BCUT2D eigenvalue weighted by atomic mass is 9.96. The molecular formula is C23H24FN5O3. The Hall–Kier alpha value is -3.62. The number of halogens is 1. The maximum atomic E-state index is 13.3. The summed E-state index contributed by atoms with van der Waals surface area (Å²) < 4.78 is 18.8. The minimum Gasteiger partial charge on any atom is -0.349 e. The van der Waals surface area contributed by atoms with Crippen molar-refractivity contribution in [2.45, 2.75) is 38.1 Å². The zero-order chi connectivity index (χ0) is 22.5. The summed E-state index contributed by atoms with van der Waals surface area (Å²) in [7, 11) is 0. The predicted octanol–water partition coefficient (Wildman–Crippen LogP) is 3.24. The Kier molecular flexibility index (Phi) is 6.53. The molecule has 0 saturated carbocycles. The van der Waals surface area contributed by atoms with Crippen molar-refractivity contribution < 1.29 is 18.5 Å². The molecule has 0 bridgehead atoms. The first-order chi connectivity index (χ1) is 15.5. The summed E-state index contributed by atoms with van der Waals surface area (Å²) in [4.78, 5) is 35.1. The molecule has 0 spiro atoms. The number of piperidine rings is 1. The van der Waals surface area contributed by atoms with Gasteiger partial charge in [0.05, 0.1) is 18.4 Å². The largest absolute Gasteiger partial charge is 0.349 e. The fourth-order valence-electron chi connectivity index (χ4n) is 3.91. The molecule has 9 heteroatoms. The van der Waals surface area contributed by atoms with Crippen LogP contribution >= 0.6 is 0 Å². The van der Waals surface area contributed by atoms with E-state index in [-0.39, 0.29) is 30.0 Å². The number of amides is 2. The average molecular weight is 437 g/mol. The molecule has 1 aliphatic heterocycles. The molecule has 1 saturated heterocycles. The van der Waals surface area contributed by atoms with Gasteiger partial charge in [-0.25, -0.2) is 4.39 Å². The smallest absolute Gasteiger partial charge is 0.231 e. The number of carbonyl (C=O) groups is 2. The molecule has 2 aromatic heterocycles. The van der Waals surface area contributed by atoms with Crippen molar-refractivity contribution in [1.29, 1.82) is 0 Å². The minimum atomic E-state index is -0.526. The van der Waals surface area contributed by atoms with Gasteiger partial charge in [0, 0.05) is 38.0 Å². The zero-order valence-electron chi connectivity index (χ0n) is 17.7. The molecule has 3 aromatic rings. The number of carbonyl (C=O) groups excluding carboxylic acids is 2. The van der Waals surface area contributed by atoms with Crippen molar-refractivity contribution in [3.63, 3.8) is 0 Å². The van der Waals surface area contributed by atoms with Crippen LogP contribution < -0.4 is 5.32 Å². The van der Waals surface area contributed by atoms with Gasteiger partial charge in [-0.1, -0.05) is 17.3 Å². The number of pyridine rings is 1. The summed E-state index contributed by atoms with van der Waals surface area (Å²) in [6.07, 6.45) is 5.08. The van der Waals surface area contributed by atoms with E-state index in [0.717, 1.165) is 18.4 Å². The molecule has 0 unspecified atom stereocenters. The fraction of sp³-hybridized carbons (Fsp3) is 0.348. The van der Waals surface area contributed by atoms with Crippen molar-refractivity contribution in [2.75, 3.05) is 13.1 Å². The average Bonchev–Trinajstić information content (AvgIpc) is 3.30. The summed E-state index contributed by atoms with van der Waals surface area (Å²) in [5.74, 6) is 0.195. The van der Waals surface area contributed by atoms with Crippen LogP contribution in [0.5, 0.6) is 0 Å². The highest BCUT2D eigenvalue weighted by molar-refractivity contribution is 5.79. The maximum absolute atomic E-state index is 13.3. The predicted molar refractivity (Wildman–Crippen MR) is 114 cm³/mol. The Bertz CT molecular complexity index is 1070. The first kappa shape index (κ1) is 21.6. The molecule has 1 aromatic carbocycles. The van der Waals surface area contributed by atoms with Crippen LogP contribution in [0.15, 0.2) is 53.3 Å². The summed E-state index contributed by atoms with van der Waals surface area (Å²) in [6, 6.07) is 8.94. The van der Waals surface area contributed by atoms with Crippen LogP contribution in [0.1, 0.15) is 49.6 Å². The molecule has 8 nitrogen and oxygen atoms in total. The highest BCUT2D eigenvalue weighted by Crippen LogP contribution is 2.29. The quantitative estimate of drug-likeness (QED) is 0.635. The lowest BCUT2D eigenvalue weighted by Crippen LogP contribution is -2.41. The van der Waals surface area contributed by atoms with Crippen LogP contribution in [-0.2, 0) is 9.59 Å². The van der Waals surface area contributed by atoms with Gasteiger partial charge in [-0.15, -0.1) is 0 Å². The van der Waals surface area contributed by atoms with Crippen molar-refractivity contribution in [1.82, 2.24) is 25.3 Å². The maximum Gasteiger partial charge on any atom is 0.231 e. The molecule has 166 valence electrons. The van der Waals surface area contributed by atoms with E-state index in [2.05, 4.69) is 20.4 Å². The summed E-state index contributed by atoms with van der Waals surface area (Å²) >= 11 is 0. The number of hydrogen-bond acceptors (Lipinski definition) is 6. The molecule has 32 heavy (non-hydrogen) atoms. The molecule has 4 rings (SSSR count). The van der Waals surface area contributed by atoms with E-state index in [0.29, 0.717) is 30.4 Å². The number of benzene rings is 1. The van der Waals surface area contributed by atoms with Crippen LogP contribution in [0, 0.1) is 5.82 Å². The number of likely N-dealkylation sites (tertiary alicyclic amines) is 1. The molecule has 2 amide bonds. The van der Waals surface area contributed by atoms with E-state index in [9.17, 15) is 14.0 Å². The van der Waals surface area contributed by atoms with Crippen LogP contribution in [0.25, 0.3) is 11.4 Å². The number of nitrogens with one attached hydrogen (secondary N) is 1. The first-order valence-corrected chi connectivity index (χ1v) is 10.5. The van der Waals surface area contributed by atoms with Crippen molar-refractivity contribution in [3.05, 3.63) is 66.1 Å². The zero-order valence-corrected chi connectivity index (χ0v) is 17.7. The van der Waals surface area contributed by atoms with Crippen molar-refractivity contribution in [3.8, 4) is 11.4 Å². The van der Waals surface area contributed by atoms with Gasteiger partial charge in [0.1, 0.15) is 5.82 Å². The molecule has 0 aliphatic carbocycles. The van der Waals surface area contributed by atoms with E-state index in [1.165, 1.54) is 19.1 Å². The molecule has 3 heterocycles. The van der Waals surface area contributed by atoms with E-state index >= 15 is 0 Å². The highest BCUT2D eigenvalue weighted by Gasteiger charge is 2.30. The highest BCUT2D eigenvalue weighted by atomic mass is 19.1. The third-order valence-electron chi connectivity index (χ3n) is 5.51. The lowest BCUT2D eigenvalue weighted by Gasteiger charge is -2.32. The van der Waals surface area contributed by atoms with Gasteiger partial charge in [-0.05, 0) is 42.7 Å². The Morgan fingerprint density at radius 2 is 2.09 bits per heavy atom. The van der Waals surface area contributed by atoms with Crippen LogP contribution in [-0.4, -0.2) is 44.9 Å². The standard InChI is InChI=1S/C23H24FN5O3/c1-15(30)26-20(16-6-8-19(24)9-7-16)12-21(31)29-11-3-5-18(14-29)23-27-22(28-32-23)17-4-2-10-25-13-17/h2,4,6-10,13,18,20H,3,5,11-12,14H2,1H3,(H,26,30)/t18-,20-/m1/s1. The normalized spacial score (nSPS) is 17.1. The first-order valence-electron chi connectivity index (χ1n) is 10.5. The fourth-order valence-corrected chi connectivity index (χ4v) is 3.91. The number of rotatable bonds is 6. The van der Waals surface area contributed by atoms with Gasteiger partial charge in [0.25, 0.3) is 0 Å². The van der Waals surface area contributed by atoms with Crippen LogP contribution in [0.3, 0.4) is 0 Å². The second kappa shape index (κ2) is 9.67. The van der Waals surface area contributed by atoms with Gasteiger partial charge in [-0.2, -0.15) is 4.98 Å². The lowest BCUT2D eigenvalue weighted by molar-refractivity contribution is -0.133. The summed E-state index contributed by atoms with van der Waals surface area (Å²) in [6.45, 7) is 2.48. The molecular weight excluding hydrogens is 413 g/mol. The third kappa shape index (κ3) is 5.16. The van der Waals surface area contributed by atoms with Crippen molar-refractivity contribution in [2.24, 2.45) is 0 Å². The Labute approximate surface area is 184 Å². The second-order valence-corrected chi connectivity index (χ2v) is 7.89. The summed E-state index contributed by atoms with van der Waals surface area (Å²) in [5.41, 5.74) is 1.45. The van der Waals surface area contributed by atoms with Gasteiger partial charge in [0.2, 0.25) is 23.5 Å². The third-order valence-corrected chi connectivity index (χ3v) is 5.51. The Morgan fingerprint density at radius 1 is 1.28 bits per heavy atom. The van der Waals surface area contributed by atoms with E-state index < -0.39 is 6.04 Å².